The molecule has 0 amide bonds. The molecule has 3 aromatic heterocycles. The van der Waals surface area contributed by atoms with E-state index in [4.69, 9.17) is 26.2 Å². The smallest absolute Gasteiger partial charge is 0.160 e. The Morgan fingerprint density at radius 3 is 2.42 bits per heavy atom. The number of pyridine rings is 1. The van der Waals surface area contributed by atoms with Crippen molar-refractivity contribution in [3.63, 3.8) is 0 Å². The van der Waals surface area contributed by atoms with Gasteiger partial charge in [-0.15, -0.1) is 11.3 Å². The van der Waals surface area contributed by atoms with Gasteiger partial charge in [0.15, 0.2) is 5.82 Å². The van der Waals surface area contributed by atoms with Crippen molar-refractivity contribution in [3.05, 3.63) is 69.4 Å². The van der Waals surface area contributed by atoms with Gasteiger partial charge in [-0.25, -0.2) is 9.97 Å². The van der Waals surface area contributed by atoms with Crippen molar-refractivity contribution in [1.82, 2.24) is 15.0 Å². The van der Waals surface area contributed by atoms with E-state index in [1.807, 2.05) is 36.4 Å². The summed E-state index contributed by atoms with van der Waals surface area (Å²) < 4.78 is 7.45. The van der Waals surface area contributed by atoms with Crippen LogP contribution in [0.15, 0.2) is 53.3 Å². The fraction of sp³-hybridized carbons (Fsp3) is 0.320. The quantitative estimate of drug-likeness (QED) is 0.350. The number of hydrogen-bond acceptors (Lipinski definition) is 7. The van der Waals surface area contributed by atoms with E-state index in [2.05, 4.69) is 41.7 Å². The van der Waals surface area contributed by atoms with Gasteiger partial charge in [-0.2, -0.15) is 0 Å². The van der Waals surface area contributed by atoms with Gasteiger partial charge in [-0.1, -0.05) is 39.0 Å². The predicted octanol–water partition coefficient (Wildman–Crippen LogP) is 5.39. The summed E-state index contributed by atoms with van der Waals surface area (Å²) >= 11 is 5.48. The lowest BCUT2D eigenvalue weighted by Gasteiger charge is -2.21. The van der Waals surface area contributed by atoms with Gasteiger partial charge in [0, 0.05) is 28.9 Å². The zero-order valence-electron chi connectivity index (χ0n) is 19.2. The second-order valence-electron chi connectivity index (χ2n) is 9.05. The van der Waals surface area contributed by atoms with Gasteiger partial charge in [0.1, 0.15) is 5.75 Å². The zero-order valence-corrected chi connectivity index (χ0v) is 21.6. The molecule has 2 atom stereocenters. The molecular weight excluding hydrogens is 498 g/mol. The van der Waals surface area contributed by atoms with Gasteiger partial charge >= 0.3 is 0 Å². The maximum absolute atomic E-state index is 6.78. The molecule has 4 N–H and O–H groups in total. The third-order valence-electron chi connectivity index (χ3n) is 5.55. The Labute approximate surface area is 206 Å². The monoisotopic (exact) mass is 525 g/mol. The minimum atomic E-state index is -0.487. The molecule has 0 radical (unpaired) electrons. The van der Waals surface area contributed by atoms with Crippen LogP contribution >= 0.6 is 27.3 Å². The molecule has 0 fully saturated rings. The SMILES string of the molecule is COc1ccccc1CC(N)C(N)c1nc(-c2ccncc2)nc2c(Br)c(C(C)(C)C)sc12. The highest BCUT2D eigenvalue weighted by Crippen LogP contribution is 2.44. The molecule has 0 saturated carbocycles. The summed E-state index contributed by atoms with van der Waals surface area (Å²) in [5, 5.41) is 0. The lowest BCUT2D eigenvalue weighted by molar-refractivity contribution is 0.405. The summed E-state index contributed by atoms with van der Waals surface area (Å²) in [6.07, 6.45) is 4.04. The van der Waals surface area contributed by atoms with Gasteiger partial charge in [0.05, 0.1) is 33.5 Å². The first-order chi connectivity index (χ1) is 15.7. The average molecular weight is 527 g/mol. The van der Waals surface area contributed by atoms with Gasteiger partial charge in [0.25, 0.3) is 0 Å². The molecule has 6 nitrogen and oxygen atoms in total. The molecule has 33 heavy (non-hydrogen) atoms. The molecule has 0 bridgehead atoms. The van der Waals surface area contributed by atoms with Gasteiger partial charge in [-0.05, 0) is 51.5 Å². The molecule has 2 unspecified atom stereocenters. The second-order valence-corrected chi connectivity index (χ2v) is 10.9. The summed E-state index contributed by atoms with van der Waals surface area (Å²) in [6, 6.07) is 10.8. The number of rotatable bonds is 6. The number of ether oxygens (including phenoxy) is 1. The van der Waals surface area contributed by atoms with Crippen LogP contribution < -0.4 is 16.2 Å². The largest absolute Gasteiger partial charge is 0.496 e. The Morgan fingerprint density at radius 2 is 1.76 bits per heavy atom. The van der Waals surface area contributed by atoms with Gasteiger partial charge < -0.3 is 16.2 Å². The predicted molar refractivity (Wildman–Crippen MR) is 139 cm³/mol. The number of nitrogens with zero attached hydrogens (tertiary/aromatic N) is 3. The molecule has 0 saturated heterocycles. The minimum absolute atomic E-state index is 0.0537. The Kier molecular flexibility index (Phi) is 6.81. The Bertz CT molecular complexity index is 1270. The van der Waals surface area contributed by atoms with E-state index < -0.39 is 6.04 Å². The van der Waals surface area contributed by atoms with Crippen molar-refractivity contribution < 1.29 is 4.74 Å². The number of methoxy groups -OCH3 is 1. The zero-order chi connectivity index (χ0) is 23.8. The van der Waals surface area contributed by atoms with Crippen LogP contribution in [0.4, 0.5) is 0 Å². The minimum Gasteiger partial charge on any atom is -0.496 e. The van der Waals surface area contributed by atoms with E-state index in [0.717, 1.165) is 37.3 Å². The summed E-state index contributed by atoms with van der Waals surface area (Å²) in [6.45, 7) is 6.56. The summed E-state index contributed by atoms with van der Waals surface area (Å²) in [7, 11) is 1.66. The maximum atomic E-state index is 6.78. The number of aromatic nitrogens is 3. The van der Waals surface area contributed by atoms with Crippen molar-refractivity contribution in [1.29, 1.82) is 0 Å². The first-order valence-corrected chi connectivity index (χ1v) is 12.4. The molecule has 172 valence electrons. The normalized spacial score (nSPS) is 13.8. The van der Waals surface area contributed by atoms with Crippen LogP contribution in [0, 0.1) is 0 Å². The summed E-state index contributed by atoms with van der Waals surface area (Å²) in [5.74, 6) is 1.41. The molecule has 0 aliphatic rings. The molecule has 0 spiro atoms. The van der Waals surface area contributed by atoms with Crippen LogP contribution in [-0.2, 0) is 11.8 Å². The topological polar surface area (TPSA) is 99.9 Å². The van der Waals surface area contributed by atoms with Crippen LogP contribution in [0.3, 0.4) is 0 Å². The number of hydrogen-bond donors (Lipinski definition) is 2. The van der Waals surface area contributed by atoms with Crippen molar-refractivity contribution in [2.45, 2.75) is 44.7 Å². The molecule has 0 aliphatic carbocycles. The van der Waals surface area contributed by atoms with Gasteiger partial charge in [-0.3, -0.25) is 4.98 Å². The van der Waals surface area contributed by atoms with Crippen LogP contribution in [0.5, 0.6) is 5.75 Å². The number of thiophene rings is 1. The van der Waals surface area contributed by atoms with Crippen LogP contribution in [0.2, 0.25) is 0 Å². The number of para-hydroxylation sites is 1. The highest BCUT2D eigenvalue weighted by atomic mass is 79.9. The van der Waals surface area contributed by atoms with E-state index in [1.54, 1.807) is 30.8 Å². The second kappa shape index (κ2) is 9.46. The Morgan fingerprint density at radius 1 is 1.06 bits per heavy atom. The first-order valence-electron chi connectivity index (χ1n) is 10.7. The van der Waals surface area contributed by atoms with Crippen molar-refractivity contribution in [2.24, 2.45) is 11.5 Å². The molecule has 0 aliphatic heterocycles. The number of halogens is 1. The van der Waals surface area contributed by atoms with Crippen LogP contribution in [0.1, 0.15) is 42.9 Å². The molecule has 1 aromatic carbocycles. The number of nitrogens with two attached hydrogens (primary N) is 2. The molecule has 4 aromatic rings. The fourth-order valence-electron chi connectivity index (χ4n) is 3.77. The highest BCUT2D eigenvalue weighted by molar-refractivity contribution is 9.10. The number of benzene rings is 1. The third kappa shape index (κ3) is 4.80. The van der Waals surface area contributed by atoms with Crippen molar-refractivity contribution in [2.75, 3.05) is 7.11 Å². The molecule has 3 heterocycles. The van der Waals surface area contributed by atoms with E-state index in [0.29, 0.717) is 12.2 Å². The van der Waals surface area contributed by atoms with Crippen molar-refractivity contribution >= 4 is 37.5 Å². The lowest BCUT2D eigenvalue weighted by atomic mass is 9.94. The summed E-state index contributed by atoms with van der Waals surface area (Å²) in [4.78, 5) is 15.1. The Balaban J connectivity index is 1.83. The van der Waals surface area contributed by atoms with Crippen LogP contribution in [0.25, 0.3) is 21.6 Å². The average Bonchev–Trinajstić information content (AvgIpc) is 3.16. The van der Waals surface area contributed by atoms with E-state index in [1.165, 1.54) is 4.88 Å². The third-order valence-corrected chi connectivity index (χ3v) is 8.21. The highest BCUT2D eigenvalue weighted by Gasteiger charge is 2.28. The van der Waals surface area contributed by atoms with Gasteiger partial charge in [0.2, 0.25) is 0 Å². The standard InChI is InChI=1S/C25H28BrN5OS/c1-25(2,3)23-18(26)20-22(33-23)21(31-24(30-20)14-9-11-29-12-10-14)19(28)16(27)13-15-7-5-6-8-17(15)32-4/h5-12,16,19H,13,27-28H2,1-4H3. The van der Waals surface area contributed by atoms with Crippen molar-refractivity contribution in [3.8, 4) is 17.1 Å². The first kappa shape index (κ1) is 23.8. The van der Waals surface area contributed by atoms with Crippen LogP contribution in [-0.4, -0.2) is 28.1 Å². The van der Waals surface area contributed by atoms with E-state index >= 15 is 0 Å². The molecule has 8 heteroatoms. The fourth-order valence-corrected chi connectivity index (χ4v) is 6.25. The molecule has 4 rings (SSSR count). The Hall–Kier alpha value is -2.39. The number of fused-ring (bicyclic) bond motifs is 1. The lowest BCUT2D eigenvalue weighted by Crippen LogP contribution is -2.36. The maximum Gasteiger partial charge on any atom is 0.160 e. The van der Waals surface area contributed by atoms with E-state index in [9.17, 15) is 0 Å². The molecular formula is C25H28BrN5OS. The summed E-state index contributed by atoms with van der Waals surface area (Å²) in [5.41, 5.74) is 16.9. The van der Waals surface area contributed by atoms with E-state index in [-0.39, 0.29) is 11.5 Å².